The number of aliphatic imine (C=N–C) groups is 1. The summed E-state index contributed by atoms with van der Waals surface area (Å²) in [5.41, 5.74) is 7.99. The van der Waals surface area contributed by atoms with Gasteiger partial charge in [0.15, 0.2) is 0 Å². The lowest BCUT2D eigenvalue weighted by Crippen LogP contribution is -2.28. The van der Waals surface area contributed by atoms with Crippen LogP contribution in [0.2, 0.25) is 0 Å². The van der Waals surface area contributed by atoms with Crippen molar-refractivity contribution in [3.8, 4) is 11.3 Å². The van der Waals surface area contributed by atoms with Gasteiger partial charge >= 0.3 is 0 Å². The van der Waals surface area contributed by atoms with E-state index in [0.717, 1.165) is 16.9 Å². The first-order valence-corrected chi connectivity index (χ1v) is 6.68. The summed E-state index contributed by atoms with van der Waals surface area (Å²) in [6.45, 7) is 2.82. The van der Waals surface area contributed by atoms with Crippen LogP contribution in [-0.4, -0.2) is 37.4 Å². The number of rotatable bonds is 5. The van der Waals surface area contributed by atoms with Crippen molar-refractivity contribution in [2.24, 2.45) is 10.7 Å². The Labute approximate surface area is 119 Å². The molecule has 1 heterocycles. The zero-order valence-electron chi connectivity index (χ0n) is 12.2. The van der Waals surface area contributed by atoms with Crippen molar-refractivity contribution in [1.29, 1.82) is 0 Å². The van der Waals surface area contributed by atoms with Crippen LogP contribution in [0.3, 0.4) is 0 Å². The highest BCUT2D eigenvalue weighted by Crippen LogP contribution is 2.19. The topological polar surface area (TPSA) is 54.8 Å². The first kappa shape index (κ1) is 14.3. The fourth-order valence-corrected chi connectivity index (χ4v) is 1.73. The van der Waals surface area contributed by atoms with Crippen LogP contribution in [0.25, 0.3) is 11.3 Å². The van der Waals surface area contributed by atoms with E-state index in [9.17, 15) is 0 Å². The number of likely N-dealkylation sites (N-methyl/N-ethyl adjacent to an activating group) is 1. The van der Waals surface area contributed by atoms with Crippen LogP contribution < -0.4 is 5.73 Å². The second-order valence-corrected chi connectivity index (χ2v) is 5.09. The van der Waals surface area contributed by atoms with Crippen molar-refractivity contribution in [1.82, 2.24) is 4.90 Å². The van der Waals surface area contributed by atoms with Gasteiger partial charge in [0.1, 0.15) is 11.6 Å². The summed E-state index contributed by atoms with van der Waals surface area (Å²) in [5, 5.41) is 0. The Morgan fingerprint density at radius 2 is 1.95 bits per heavy atom. The molecule has 4 nitrogen and oxygen atoms in total. The van der Waals surface area contributed by atoms with Gasteiger partial charge in [-0.25, -0.2) is 0 Å². The predicted octanol–water partition coefficient (Wildman–Crippen LogP) is 2.60. The molecular formula is C16H21N3O. The molecule has 106 valence electrons. The monoisotopic (exact) mass is 271 g/mol. The van der Waals surface area contributed by atoms with Gasteiger partial charge < -0.3 is 15.1 Å². The average molecular weight is 271 g/mol. The molecule has 0 saturated heterocycles. The van der Waals surface area contributed by atoms with Gasteiger partial charge in [-0.3, -0.25) is 4.99 Å². The minimum Gasteiger partial charge on any atom is -0.464 e. The van der Waals surface area contributed by atoms with Gasteiger partial charge in [0.2, 0.25) is 0 Å². The molecule has 0 saturated carbocycles. The molecule has 2 aromatic rings. The summed E-state index contributed by atoms with van der Waals surface area (Å²) in [6, 6.07) is 12.1. The fraction of sp³-hybridized carbons (Fsp3) is 0.312. The molecule has 1 atom stereocenters. The van der Waals surface area contributed by atoms with E-state index in [-0.39, 0.29) is 0 Å². The van der Waals surface area contributed by atoms with Gasteiger partial charge in [-0.2, -0.15) is 0 Å². The zero-order chi connectivity index (χ0) is 14.5. The van der Waals surface area contributed by atoms with Crippen LogP contribution in [0.1, 0.15) is 12.5 Å². The lowest BCUT2D eigenvalue weighted by Gasteiger charge is -2.17. The third-order valence-corrected chi connectivity index (χ3v) is 3.39. The molecule has 0 radical (unpaired) electrons. The largest absolute Gasteiger partial charge is 0.464 e. The lowest BCUT2D eigenvalue weighted by atomic mass is 10.1. The number of nitrogens with zero attached hydrogens (tertiary/aromatic N) is 2. The molecule has 0 bridgehead atoms. The van der Waals surface area contributed by atoms with Crippen LogP contribution in [0, 0.1) is 0 Å². The fourth-order valence-electron chi connectivity index (χ4n) is 1.73. The third-order valence-electron chi connectivity index (χ3n) is 3.39. The summed E-state index contributed by atoms with van der Waals surface area (Å²) < 4.78 is 5.36. The van der Waals surface area contributed by atoms with Crippen LogP contribution in [0.4, 0.5) is 0 Å². The molecule has 1 aromatic carbocycles. The molecule has 20 heavy (non-hydrogen) atoms. The summed E-state index contributed by atoms with van der Waals surface area (Å²) in [7, 11) is 4.07. The van der Waals surface area contributed by atoms with E-state index >= 15 is 0 Å². The van der Waals surface area contributed by atoms with Gasteiger partial charge in [0.05, 0.1) is 12.8 Å². The van der Waals surface area contributed by atoms with E-state index in [4.69, 9.17) is 10.2 Å². The van der Waals surface area contributed by atoms with Gasteiger partial charge in [0, 0.05) is 17.2 Å². The number of furan rings is 1. The second kappa shape index (κ2) is 6.39. The van der Waals surface area contributed by atoms with Crippen molar-refractivity contribution in [3.05, 3.63) is 48.2 Å². The smallest absolute Gasteiger partial charge is 0.133 e. The number of hydrogen-bond donors (Lipinski definition) is 1. The molecule has 0 aliphatic carbocycles. The minimum atomic E-state index is 0.371. The first-order chi connectivity index (χ1) is 9.58. The van der Waals surface area contributed by atoms with Crippen LogP contribution >= 0.6 is 0 Å². The van der Waals surface area contributed by atoms with E-state index in [1.165, 1.54) is 0 Å². The lowest BCUT2D eigenvalue weighted by molar-refractivity contribution is 0.321. The summed E-state index contributed by atoms with van der Waals surface area (Å²) in [6.07, 6.45) is 1.67. The van der Waals surface area contributed by atoms with Gasteiger partial charge in [0.25, 0.3) is 0 Å². The maximum absolute atomic E-state index is 6.02. The van der Waals surface area contributed by atoms with Crippen molar-refractivity contribution < 1.29 is 4.42 Å². The Balaban J connectivity index is 2.08. The van der Waals surface area contributed by atoms with E-state index in [1.807, 2.05) is 50.5 Å². The Hall–Kier alpha value is -2.07. The van der Waals surface area contributed by atoms with E-state index in [1.54, 1.807) is 6.26 Å². The molecule has 1 aromatic heterocycles. The van der Waals surface area contributed by atoms with Crippen molar-refractivity contribution in [2.45, 2.75) is 13.0 Å². The Bertz CT molecular complexity index is 556. The summed E-state index contributed by atoms with van der Waals surface area (Å²) in [5.74, 6) is 1.43. The molecule has 0 aliphatic rings. The average Bonchev–Trinajstić information content (AvgIpc) is 2.98. The normalized spacial score (nSPS) is 13.7. The molecule has 1 unspecified atom stereocenters. The maximum Gasteiger partial charge on any atom is 0.133 e. The number of benzene rings is 1. The number of nitrogens with two attached hydrogens (primary N) is 1. The van der Waals surface area contributed by atoms with Crippen LogP contribution in [-0.2, 0) is 0 Å². The molecule has 0 aliphatic heterocycles. The van der Waals surface area contributed by atoms with E-state index in [0.29, 0.717) is 18.4 Å². The molecule has 2 N–H and O–H groups in total. The van der Waals surface area contributed by atoms with Gasteiger partial charge in [-0.1, -0.05) is 24.3 Å². The number of hydrogen-bond acceptors (Lipinski definition) is 3. The molecule has 2 rings (SSSR count). The SMILES string of the molecule is CC(CN=C(N)c1ccc(-c2ccco2)cc1)N(C)C. The molecule has 0 amide bonds. The van der Waals surface area contributed by atoms with Crippen LogP contribution in [0.5, 0.6) is 0 Å². The van der Waals surface area contributed by atoms with Crippen molar-refractivity contribution >= 4 is 5.84 Å². The summed E-state index contributed by atoms with van der Waals surface area (Å²) in [4.78, 5) is 6.56. The highest BCUT2D eigenvalue weighted by atomic mass is 16.3. The standard InChI is InChI=1S/C16H21N3O/c1-12(19(2)3)11-18-16(17)14-8-6-13(7-9-14)15-5-4-10-20-15/h4-10,12H,11H2,1-3H3,(H2,17,18). The summed E-state index contributed by atoms with van der Waals surface area (Å²) >= 11 is 0. The quantitative estimate of drug-likeness (QED) is 0.672. The van der Waals surface area contributed by atoms with Gasteiger partial charge in [-0.15, -0.1) is 0 Å². The van der Waals surface area contributed by atoms with E-state index < -0.39 is 0 Å². The van der Waals surface area contributed by atoms with Crippen LogP contribution in [0.15, 0.2) is 52.1 Å². The highest BCUT2D eigenvalue weighted by molar-refractivity contribution is 5.97. The van der Waals surface area contributed by atoms with Gasteiger partial charge in [-0.05, 0) is 33.2 Å². The molecule has 0 fully saturated rings. The second-order valence-electron chi connectivity index (χ2n) is 5.09. The zero-order valence-corrected chi connectivity index (χ0v) is 12.2. The Morgan fingerprint density at radius 1 is 1.25 bits per heavy atom. The van der Waals surface area contributed by atoms with Crippen molar-refractivity contribution in [3.63, 3.8) is 0 Å². The number of amidine groups is 1. The molecular weight excluding hydrogens is 250 g/mol. The Kier molecular flexibility index (Phi) is 4.58. The molecule has 0 spiro atoms. The predicted molar refractivity (Wildman–Crippen MR) is 82.9 cm³/mol. The van der Waals surface area contributed by atoms with E-state index in [2.05, 4.69) is 16.8 Å². The molecule has 4 heteroatoms. The van der Waals surface area contributed by atoms with Crippen molar-refractivity contribution in [2.75, 3.05) is 20.6 Å². The minimum absolute atomic E-state index is 0.371. The third kappa shape index (κ3) is 3.48. The maximum atomic E-state index is 6.02. The highest BCUT2D eigenvalue weighted by Gasteiger charge is 2.05. The first-order valence-electron chi connectivity index (χ1n) is 6.68. The Morgan fingerprint density at radius 3 is 2.50 bits per heavy atom.